The minimum absolute atomic E-state index is 0.471. The van der Waals surface area contributed by atoms with E-state index in [4.69, 9.17) is 5.84 Å². The number of benzene rings is 2. The Morgan fingerprint density at radius 1 is 0.889 bits per heavy atom. The van der Waals surface area contributed by atoms with Crippen LogP contribution in [0.3, 0.4) is 0 Å². The van der Waals surface area contributed by atoms with Crippen LogP contribution >= 0.6 is 7.14 Å². The highest BCUT2D eigenvalue weighted by molar-refractivity contribution is 7.92. The van der Waals surface area contributed by atoms with Crippen LogP contribution in [-0.2, 0) is 4.57 Å². The first kappa shape index (κ1) is 12.6. The molecule has 0 spiro atoms. The summed E-state index contributed by atoms with van der Waals surface area (Å²) < 4.78 is 13.1. The highest BCUT2D eigenvalue weighted by Gasteiger charge is 2.35. The minimum Gasteiger partial charge on any atom is -0.303 e. The maximum Gasteiger partial charge on any atom is 0.301 e. The molecule has 0 bridgehead atoms. The van der Waals surface area contributed by atoms with Crippen molar-refractivity contribution in [3.63, 3.8) is 0 Å². The lowest BCUT2D eigenvalue weighted by Crippen LogP contribution is -2.35. The summed E-state index contributed by atoms with van der Waals surface area (Å²) in [6, 6.07) is 17.3. The predicted molar refractivity (Wildman–Crippen MR) is 72.5 cm³/mol. The van der Waals surface area contributed by atoms with E-state index in [1.807, 2.05) is 5.43 Å². The zero-order valence-electron chi connectivity index (χ0n) is 9.61. The van der Waals surface area contributed by atoms with Gasteiger partial charge in [-0.25, -0.2) is 5.84 Å². The van der Waals surface area contributed by atoms with Gasteiger partial charge in [-0.15, -0.1) is 0 Å². The van der Waals surface area contributed by atoms with Crippen molar-refractivity contribution < 1.29 is 9.36 Å². The van der Waals surface area contributed by atoms with E-state index in [9.17, 15) is 9.36 Å². The van der Waals surface area contributed by atoms with E-state index in [1.54, 1.807) is 60.7 Å². The maximum absolute atomic E-state index is 13.1. The van der Waals surface area contributed by atoms with Crippen LogP contribution in [0.4, 0.5) is 4.79 Å². The number of amides is 1. The Morgan fingerprint density at radius 3 is 1.61 bits per heavy atom. The third-order valence-electron chi connectivity index (χ3n) is 2.65. The molecule has 0 radical (unpaired) electrons. The molecule has 0 aliphatic carbocycles. The zero-order valence-corrected chi connectivity index (χ0v) is 10.5. The Kier molecular flexibility index (Phi) is 3.60. The molecule has 0 aliphatic heterocycles. The van der Waals surface area contributed by atoms with Gasteiger partial charge in [0.25, 0.3) is 0 Å². The molecule has 2 aromatic rings. The highest BCUT2D eigenvalue weighted by atomic mass is 31.2. The molecule has 0 unspecified atom stereocenters. The monoisotopic (exact) mass is 260 g/mol. The molecule has 2 aromatic carbocycles. The molecule has 2 rings (SSSR count). The summed E-state index contributed by atoms with van der Waals surface area (Å²) in [7, 11) is -3.39. The normalized spacial score (nSPS) is 10.9. The van der Waals surface area contributed by atoms with Crippen LogP contribution in [0.2, 0.25) is 0 Å². The first-order chi connectivity index (χ1) is 8.69. The second kappa shape index (κ2) is 5.17. The molecule has 18 heavy (non-hydrogen) atoms. The molecule has 0 aliphatic rings. The van der Waals surface area contributed by atoms with Crippen molar-refractivity contribution in [1.82, 2.24) is 5.43 Å². The first-order valence-corrected chi connectivity index (χ1v) is 7.12. The third kappa shape index (κ3) is 2.08. The summed E-state index contributed by atoms with van der Waals surface area (Å²) in [6.07, 6.45) is 0. The number of rotatable bonds is 3. The van der Waals surface area contributed by atoms with Gasteiger partial charge in [0, 0.05) is 10.6 Å². The number of hydrazine groups is 1. The van der Waals surface area contributed by atoms with Gasteiger partial charge < -0.3 is 4.57 Å². The number of nitrogens with two attached hydrogens (primary N) is 1. The van der Waals surface area contributed by atoms with Crippen molar-refractivity contribution >= 4 is 23.4 Å². The van der Waals surface area contributed by atoms with Crippen molar-refractivity contribution in [3.8, 4) is 0 Å². The fourth-order valence-corrected chi connectivity index (χ4v) is 3.88. The number of nitrogens with one attached hydrogen (secondary N) is 1. The van der Waals surface area contributed by atoms with Crippen LogP contribution in [0.25, 0.3) is 0 Å². The smallest absolute Gasteiger partial charge is 0.301 e. The van der Waals surface area contributed by atoms with E-state index in [2.05, 4.69) is 0 Å². The molecule has 3 N–H and O–H groups in total. The Hall–Kier alpha value is -1.90. The molecule has 0 saturated heterocycles. The topological polar surface area (TPSA) is 72.2 Å². The molecule has 1 amide bonds. The summed E-state index contributed by atoms with van der Waals surface area (Å²) in [5, 5.41) is 0.943. The SMILES string of the molecule is NNC(=O)P(=O)(c1ccccc1)c1ccccc1. The minimum atomic E-state index is -3.39. The molecule has 0 saturated carbocycles. The lowest BCUT2D eigenvalue weighted by atomic mass is 10.4. The van der Waals surface area contributed by atoms with Crippen LogP contribution in [0, 0.1) is 0 Å². The average molecular weight is 260 g/mol. The van der Waals surface area contributed by atoms with Crippen LogP contribution in [0.15, 0.2) is 60.7 Å². The highest BCUT2D eigenvalue weighted by Crippen LogP contribution is 2.43. The van der Waals surface area contributed by atoms with Crippen molar-refractivity contribution in [3.05, 3.63) is 60.7 Å². The second-order valence-corrected chi connectivity index (χ2v) is 6.39. The quantitative estimate of drug-likeness (QED) is 0.381. The predicted octanol–water partition coefficient (Wildman–Crippen LogP) is 1.58. The van der Waals surface area contributed by atoms with E-state index in [0.29, 0.717) is 10.6 Å². The molecule has 92 valence electrons. The zero-order chi connectivity index (χ0) is 13.0. The van der Waals surface area contributed by atoms with Crippen molar-refractivity contribution in [2.45, 2.75) is 0 Å². The lowest BCUT2D eigenvalue weighted by molar-refractivity contribution is 0.259. The van der Waals surface area contributed by atoms with Gasteiger partial charge in [-0.3, -0.25) is 10.2 Å². The van der Waals surface area contributed by atoms with Crippen LogP contribution in [-0.4, -0.2) is 5.65 Å². The van der Waals surface area contributed by atoms with Crippen LogP contribution in [0.5, 0.6) is 0 Å². The summed E-state index contributed by atoms with van der Waals surface area (Å²) >= 11 is 0. The number of hydrogen-bond donors (Lipinski definition) is 2. The van der Waals surface area contributed by atoms with Crippen molar-refractivity contribution in [1.29, 1.82) is 0 Å². The van der Waals surface area contributed by atoms with Gasteiger partial charge >= 0.3 is 5.65 Å². The molecule has 0 heterocycles. The van der Waals surface area contributed by atoms with Crippen LogP contribution < -0.4 is 21.9 Å². The molecule has 0 aromatic heterocycles. The van der Waals surface area contributed by atoms with E-state index >= 15 is 0 Å². The van der Waals surface area contributed by atoms with Gasteiger partial charge in [0.15, 0.2) is 0 Å². The molecule has 5 heteroatoms. The summed E-state index contributed by atoms with van der Waals surface area (Å²) in [5.74, 6) is 5.16. The standard InChI is InChI=1S/C13H13N2O2P/c14-15-13(16)18(17,11-7-3-1-4-8-11)12-9-5-2-6-10-12/h1-10H,14H2,(H,15,16). The van der Waals surface area contributed by atoms with E-state index in [-0.39, 0.29) is 0 Å². The largest absolute Gasteiger partial charge is 0.303 e. The Labute approximate surface area is 105 Å². The molecule has 0 fully saturated rings. The number of hydrogen-bond acceptors (Lipinski definition) is 3. The Bertz CT molecular complexity index is 541. The number of carbonyl (C=O) groups excluding carboxylic acids is 1. The molecular formula is C13H13N2O2P. The Balaban J connectivity index is 2.63. The van der Waals surface area contributed by atoms with Gasteiger partial charge in [-0.05, 0) is 0 Å². The van der Waals surface area contributed by atoms with Gasteiger partial charge in [-0.2, -0.15) is 0 Å². The van der Waals surface area contributed by atoms with Gasteiger partial charge in [0.2, 0.25) is 7.14 Å². The van der Waals surface area contributed by atoms with Crippen molar-refractivity contribution in [2.75, 3.05) is 0 Å². The number of carbonyl (C=O) groups is 1. The molecular weight excluding hydrogens is 247 g/mol. The molecule has 4 nitrogen and oxygen atoms in total. The fourth-order valence-electron chi connectivity index (χ4n) is 1.75. The van der Waals surface area contributed by atoms with Gasteiger partial charge in [0.1, 0.15) is 0 Å². The van der Waals surface area contributed by atoms with Crippen LogP contribution in [0.1, 0.15) is 0 Å². The van der Waals surface area contributed by atoms with E-state index in [0.717, 1.165) is 0 Å². The van der Waals surface area contributed by atoms with Gasteiger partial charge in [0.05, 0.1) is 0 Å². The lowest BCUT2D eigenvalue weighted by Gasteiger charge is -2.16. The maximum atomic E-state index is 13.1. The Morgan fingerprint density at radius 2 is 1.28 bits per heavy atom. The first-order valence-electron chi connectivity index (χ1n) is 5.42. The summed E-state index contributed by atoms with van der Waals surface area (Å²) in [4.78, 5) is 11.9. The molecule has 0 atom stereocenters. The summed E-state index contributed by atoms with van der Waals surface area (Å²) in [6.45, 7) is 0. The fraction of sp³-hybridized carbons (Fsp3) is 0. The van der Waals surface area contributed by atoms with E-state index < -0.39 is 12.8 Å². The average Bonchev–Trinajstić information content (AvgIpc) is 2.47. The third-order valence-corrected chi connectivity index (χ3v) is 5.40. The second-order valence-electron chi connectivity index (χ2n) is 3.73. The van der Waals surface area contributed by atoms with Gasteiger partial charge in [-0.1, -0.05) is 60.7 Å². The van der Waals surface area contributed by atoms with E-state index in [1.165, 1.54) is 0 Å². The van der Waals surface area contributed by atoms with Crippen molar-refractivity contribution in [2.24, 2.45) is 5.84 Å². The summed E-state index contributed by atoms with van der Waals surface area (Å²) in [5.41, 5.74) is 1.33.